The lowest BCUT2D eigenvalue weighted by atomic mass is 10.1. The fraction of sp³-hybridized carbons (Fsp3) is 0.778. The second kappa shape index (κ2) is 8.05. The molecular weight excluding hydrogens is 338 g/mol. The number of hydrogen-bond acceptors (Lipinski definition) is 5. The van der Waals surface area contributed by atoms with Crippen LogP contribution in [-0.2, 0) is 19.1 Å². The largest absolute Gasteiger partial charge is 0.452 e. The van der Waals surface area contributed by atoms with E-state index in [2.05, 4.69) is 10.6 Å². The molecule has 0 aromatic rings. The summed E-state index contributed by atoms with van der Waals surface area (Å²) in [5.74, 6) is -1.85. The van der Waals surface area contributed by atoms with E-state index in [1.807, 2.05) is 0 Å². The molecule has 1 aliphatic heterocycles. The van der Waals surface area contributed by atoms with E-state index >= 15 is 0 Å². The predicted octanol–water partition coefficient (Wildman–Crippen LogP) is 1.33. The quantitative estimate of drug-likeness (QED) is 0.730. The van der Waals surface area contributed by atoms with E-state index in [-0.39, 0.29) is 18.4 Å². The van der Waals surface area contributed by atoms with Gasteiger partial charge >= 0.3 is 12.0 Å². The van der Waals surface area contributed by atoms with Crippen LogP contribution in [0.5, 0.6) is 0 Å². The normalized spacial score (nSPS) is 22.2. The second-order valence-corrected chi connectivity index (χ2v) is 8.16. The third-order valence-electron chi connectivity index (χ3n) is 4.64. The van der Waals surface area contributed by atoms with Gasteiger partial charge in [0.15, 0.2) is 6.10 Å². The molecule has 2 aliphatic rings. The van der Waals surface area contributed by atoms with Gasteiger partial charge in [-0.05, 0) is 40.5 Å². The van der Waals surface area contributed by atoms with Gasteiger partial charge in [0.25, 0.3) is 5.91 Å². The van der Waals surface area contributed by atoms with Crippen molar-refractivity contribution in [1.29, 1.82) is 0 Å². The molecule has 1 aliphatic carbocycles. The molecule has 0 spiro atoms. The summed E-state index contributed by atoms with van der Waals surface area (Å²) in [6, 6.07) is -0.420. The summed E-state index contributed by atoms with van der Waals surface area (Å²) in [5.41, 5.74) is -0.488. The first kappa shape index (κ1) is 20.2. The number of urea groups is 1. The molecule has 0 unspecified atom stereocenters. The maximum atomic E-state index is 12.3. The van der Waals surface area contributed by atoms with Crippen LogP contribution in [0.4, 0.5) is 4.79 Å². The van der Waals surface area contributed by atoms with Crippen molar-refractivity contribution in [2.75, 3.05) is 6.54 Å². The van der Waals surface area contributed by atoms with Crippen LogP contribution in [0.2, 0.25) is 0 Å². The molecule has 2 atom stereocenters. The van der Waals surface area contributed by atoms with Gasteiger partial charge in [-0.25, -0.2) is 4.79 Å². The smallest absolute Gasteiger partial charge is 0.321 e. The lowest BCUT2D eigenvalue weighted by Gasteiger charge is -2.24. The van der Waals surface area contributed by atoms with Crippen molar-refractivity contribution in [3.63, 3.8) is 0 Å². The number of rotatable bonds is 4. The zero-order chi connectivity index (χ0) is 19.5. The highest BCUT2D eigenvalue weighted by atomic mass is 16.5. The zero-order valence-corrected chi connectivity index (χ0v) is 16.0. The van der Waals surface area contributed by atoms with Crippen LogP contribution in [0.3, 0.4) is 0 Å². The maximum Gasteiger partial charge on any atom is 0.321 e. The molecule has 2 rings (SSSR count). The third-order valence-corrected chi connectivity index (χ3v) is 4.64. The highest BCUT2D eigenvalue weighted by Gasteiger charge is 2.40. The molecule has 4 amide bonds. The van der Waals surface area contributed by atoms with Crippen LogP contribution in [0, 0.1) is 5.92 Å². The molecule has 0 aromatic carbocycles. The lowest BCUT2D eigenvalue weighted by Crippen LogP contribution is -2.50. The third kappa shape index (κ3) is 5.44. The molecule has 1 heterocycles. The van der Waals surface area contributed by atoms with Crippen LogP contribution >= 0.6 is 0 Å². The lowest BCUT2D eigenvalue weighted by molar-refractivity contribution is -0.158. The van der Waals surface area contributed by atoms with Gasteiger partial charge in [0.05, 0.1) is 5.92 Å². The van der Waals surface area contributed by atoms with Gasteiger partial charge in [-0.3, -0.25) is 19.7 Å². The monoisotopic (exact) mass is 367 g/mol. The fourth-order valence-corrected chi connectivity index (χ4v) is 3.37. The number of nitrogens with one attached hydrogen (secondary N) is 2. The Morgan fingerprint density at radius 2 is 1.81 bits per heavy atom. The molecule has 8 heteroatoms. The summed E-state index contributed by atoms with van der Waals surface area (Å²) < 4.78 is 5.18. The summed E-state index contributed by atoms with van der Waals surface area (Å²) in [7, 11) is 0. The van der Waals surface area contributed by atoms with Crippen molar-refractivity contribution < 1.29 is 23.9 Å². The van der Waals surface area contributed by atoms with Crippen molar-refractivity contribution in [2.45, 2.75) is 77.5 Å². The Labute approximate surface area is 154 Å². The first-order chi connectivity index (χ1) is 12.1. The molecule has 2 fully saturated rings. The van der Waals surface area contributed by atoms with Gasteiger partial charge < -0.3 is 15.0 Å². The van der Waals surface area contributed by atoms with Gasteiger partial charge in [-0.1, -0.05) is 12.8 Å². The van der Waals surface area contributed by atoms with E-state index < -0.39 is 35.5 Å². The topological polar surface area (TPSA) is 105 Å². The van der Waals surface area contributed by atoms with Gasteiger partial charge in [0.1, 0.15) is 0 Å². The van der Waals surface area contributed by atoms with Gasteiger partial charge in [0, 0.05) is 24.5 Å². The number of ether oxygens (including phenoxy) is 1. The molecule has 0 radical (unpaired) electrons. The molecule has 146 valence electrons. The van der Waals surface area contributed by atoms with Crippen molar-refractivity contribution in [3.8, 4) is 0 Å². The number of amides is 4. The Balaban J connectivity index is 1.82. The zero-order valence-electron chi connectivity index (χ0n) is 16.0. The number of likely N-dealkylation sites (tertiary alicyclic amines) is 1. The number of hydrogen-bond donors (Lipinski definition) is 2. The first-order valence-corrected chi connectivity index (χ1v) is 9.20. The van der Waals surface area contributed by atoms with E-state index in [4.69, 9.17) is 4.74 Å². The average molecular weight is 367 g/mol. The van der Waals surface area contributed by atoms with Crippen LogP contribution < -0.4 is 10.6 Å². The number of esters is 1. The standard InChI is InChI=1S/C18H29N3O5/c1-11(15(23)19-17(25)20-18(2,3)4)26-16(24)12-9-14(22)21(10-12)13-7-5-6-8-13/h11-13H,5-10H2,1-4H3,(H2,19,20,23,25)/t11-,12-/m0/s1. The molecule has 0 bridgehead atoms. The number of carbonyl (C=O) groups excluding carboxylic acids is 4. The van der Waals surface area contributed by atoms with Crippen LogP contribution in [0.25, 0.3) is 0 Å². The van der Waals surface area contributed by atoms with Crippen LogP contribution in [0.15, 0.2) is 0 Å². The van der Waals surface area contributed by atoms with E-state index in [0.29, 0.717) is 6.54 Å². The van der Waals surface area contributed by atoms with E-state index in [1.165, 1.54) is 6.92 Å². The summed E-state index contributed by atoms with van der Waals surface area (Å²) in [4.78, 5) is 50.0. The minimum Gasteiger partial charge on any atom is -0.452 e. The SMILES string of the molecule is C[C@H](OC(=O)[C@H]1CC(=O)N(C2CCCC2)C1)C(=O)NC(=O)NC(C)(C)C. The maximum absolute atomic E-state index is 12.3. The number of nitrogens with zero attached hydrogens (tertiary/aromatic N) is 1. The Hall–Kier alpha value is -2.12. The Morgan fingerprint density at radius 3 is 2.38 bits per heavy atom. The van der Waals surface area contributed by atoms with Crippen molar-refractivity contribution >= 4 is 23.8 Å². The van der Waals surface area contributed by atoms with Gasteiger partial charge in [0.2, 0.25) is 5.91 Å². The van der Waals surface area contributed by atoms with Crippen LogP contribution in [-0.4, -0.2) is 52.9 Å². The molecular formula is C18H29N3O5. The van der Waals surface area contributed by atoms with Gasteiger partial charge in [-0.2, -0.15) is 0 Å². The average Bonchev–Trinajstić information content (AvgIpc) is 3.13. The Kier molecular flexibility index (Phi) is 6.26. The van der Waals surface area contributed by atoms with E-state index in [0.717, 1.165) is 25.7 Å². The van der Waals surface area contributed by atoms with Crippen molar-refractivity contribution in [3.05, 3.63) is 0 Å². The Morgan fingerprint density at radius 1 is 1.19 bits per heavy atom. The van der Waals surface area contributed by atoms with Gasteiger partial charge in [-0.15, -0.1) is 0 Å². The van der Waals surface area contributed by atoms with E-state index in [9.17, 15) is 19.2 Å². The van der Waals surface area contributed by atoms with Crippen molar-refractivity contribution in [1.82, 2.24) is 15.5 Å². The Bertz CT molecular complexity index is 578. The summed E-state index contributed by atoms with van der Waals surface area (Å²) in [5, 5.41) is 4.74. The minimum atomic E-state index is -1.11. The molecule has 8 nitrogen and oxygen atoms in total. The highest BCUT2D eigenvalue weighted by Crippen LogP contribution is 2.30. The molecule has 0 aromatic heterocycles. The minimum absolute atomic E-state index is 0.0273. The predicted molar refractivity (Wildman–Crippen MR) is 94.1 cm³/mol. The summed E-state index contributed by atoms with van der Waals surface area (Å²) in [6.45, 7) is 7.11. The van der Waals surface area contributed by atoms with E-state index in [1.54, 1.807) is 25.7 Å². The molecule has 1 saturated heterocycles. The van der Waals surface area contributed by atoms with Crippen LogP contribution in [0.1, 0.15) is 59.8 Å². The summed E-state index contributed by atoms with van der Waals surface area (Å²) >= 11 is 0. The molecule has 1 saturated carbocycles. The van der Waals surface area contributed by atoms with Crippen molar-refractivity contribution in [2.24, 2.45) is 5.92 Å². The second-order valence-electron chi connectivity index (χ2n) is 8.16. The number of carbonyl (C=O) groups is 4. The highest BCUT2D eigenvalue weighted by molar-refractivity contribution is 5.97. The summed E-state index contributed by atoms with van der Waals surface area (Å²) in [6.07, 6.45) is 3.19. The first-order valence-electron chi connectivity index (χ1n) is 9.20. The number of imide groups is 1. The molecule has 26 heavy (non-hydrogen) atoms. The molecule has 2 N–H and O–H groups in total. The fourth-order valence-electron chi connectivity index (χ4n) is 3.37.